The Morgan fingerprint density at radius 3 is 3.07 bits per heavy atom. The molecular weight excluding hydrogens is 289 g/mol. The molecule has 0 atom stereocenters. The molecule has 1 aromatic rings. The summed E-state index contributed by atoms with van der Waals surface area (Å²) in [6.07, 6.45) is 7.51. The van der Waals surface area contributed by atoms with Gasteiger partial charge in [0.25, 0.3) is 0 Å². The monoisotopic (exact) mass is 303 g/mol. The van der Waals surface area contributed by atoms with Gasteiger partial charge in [-0.15, -0.1) is 6.58 Å². The number of anilines is 1. The summed E-state index contributed by atoms with van der Waals surface area (Å²) in [5.74, 6) is 1.00. The molecule has 0 fully saturated rings. The fourth-order valence-electron chi connectivity index (χ4n) is 1.17. The van der Waals surface area contributed by atoms with Crippen LogP contribution in [0.4, 0.5) is 5.82 Å². The van der Waals surface area contributed by atoms with E-state index in [2.05, 4.69) is 44.0 Å². The predicted octanol–water partition coefficient (Wildman–Crippen LogP) is 2.48. The molecule has 0 radical (unpaired) electrons. The highest BCUT2D eigenvalue weighted by Gasteiger charge is 2.05. The summed E-state index contributed by atoms with van der Waals surface area (Å²) < 4.78 is 1.09. The van der Waals surface area contributed by atoms with E-state index in [9.17, 15) is 0 Å². The van der Waals surface area contributed by atoms with Crippen LogP contribution in [0.15, 0.2) is 25.2 Å². The number of rotatable bonds is 5. The topological polar surface area (TPSA) is 29.0 Å². The summed E-state index contributed by atoms with van der Waals surface area (Å²) in [7, 11) is 2.05. The van der Waals surface area contributed by atoms with Crippen molar-refractivity contribution in [1.29, 1.82) is 0 Å². The van der Waals surface area contributed by atoms with E-state index in [1.54, 1.807) is 6.33 Å². The van der Waals surface area contributed by atoms with Crippen LogP contribution in [-0.2, 0) is 0 Å². The Morgan fingerprint density at radius 2 is 2.43 bits per heavy atom. The van der Waals surface area contributed by atoms with Crippen molar-refractivity contribution in [2.45, 2.75) is 12.8 Å². The van der Waals surface area contributed by atoms with Crippen LogP contribution < -0.4 is 4.90 Å². The number of nitrogens with zero attached hydrogens (tertiary/aromatic N) is 3. The largest absolute Gasteiger partial charge is 0.359 e. The van der Waals surface area contributed by atoms with Crippen molar-refractivity contribution in [2.24, 2.45) is 0 Å². The molecule has 0 aliphatic rings. The minimum atomic E-state index is 0.999. The molecule has 0 spiro atoms. The van der Waals surface area contributed by atoms with Crippen molar-refractivity contribution in [3.05, 3.63) is 28.7 Å². The first-order valence-electron chi connectivity index (χ1n) is 4.53. The van der Waals surface area contributed by atoms with Gasteiger partial charge in [-0.1, -0.05) is 6.08 Å². The van der Waals surface area contributed by atoms with E-state index in [1.165, 1.54) is 0 Å². The SMILES string of the molecule is C=CCCCN(C)c1ncncc1I. The molecule has 0 bridgehead atoms. The second-order valence-electron chi connectivity index (χ2n) is 3.05. The maximum atomic E-state index is 4.24. The van der Waals surface area contributed by atoms with E-state index in [0.29, 0.717) is 0 Å². The molecule has 4 heteroatoms. The Kier molecular flexibility index (Phi) is 4.86. The summed E-state index contributed by atoms with van der Waals surface area (Å²) in [6, 6.07) is 0. The lowest BCUT2D eigenvalue weighted by atomic mass is 10.3. The highest BCUT2D eigenvalue weighted by molar-refractivity contribution is 14.1. The lowest BCUT2D eigenvalue weighted by Gasteiger charge is -2.18. The van der Waals surface area contributed by atoms with Crippen LogP contribution in [0.2, 0.25) is 0 Å². The van der Waals surface area contributed by atoms with Gasteiger partial charge >= 0.3 is 0 Å². The van der Waals surface area contributed by atoms with E-state index in [4.69, 9.17) is 0 Å². The number of aromatic nitrogens is 2. The fourth-order valence-corrected chi connectivity index (χ4v) is 1.88. The molecule has 1 aromatic heterocycles. The molecule has 3 nitrogen and oxygen atoms in total. The second kappa shape index (κ2) is 5.95. The van der Waals surface area contributed by atoms with Crippen molar-refractivity contribution in [3.63, 3.8) is 0 Å². The molecular formula is C10H14IN3. The van der Waals surface area contributed by atoms with E-state index in [-0.39, 0.29) is 0 Å². The quantitative estimate of drug-likeness (QED) is 0.475. The first kappa shape index (κ1) is 11.4. The molecule has 0 amide bonds. The minimum Gasteiger partial charge on any atom is -0.359 e. The van der Waals surface area contributed by atoms with Crippen molar-refractivity contribution in [2.75, 3.05) is 18.5 Å². The zero-order chi connectivity index (χ0) is 10.4. The molecule has 1 rings (SSSR count). The predicted molar refractivity (Wildman–Crippen MR) is 67.5 cm³/mol. The molecule has 0 saturated heterocycles. The first-order chi connectivity index (χ1) is 6.75. The van der Waals surface area contributed by atoms with Crippen molar-refractivity contribution in [1.82, 2.24) is 9.97 Å². The molecule has 0 aromatic carbocycles. The van der Waals surface area contributed by atoms with Gasteiger partial charge in [-0.25, -0.2) is 9.97 Å². The zero-order valence-electron chi connectivity index (χ0n) is 8.28. The van der Waals surface area contributed by atoms with Crippen LogP contribution in [0.5, 0.6) is 0 Å². The number of hydrogen-bond acceptors (Lipinski definition) is 3. The average molecular weight is 303 g/mol. The van der Waals surface area contributed by atoms with E-state index >= 15 is 0 Å². The highest BCUT2D eigenvalue weighted by Crippen LogP contribution is 2.16. The number of halogens is 1. The Labute approximate surface area is 98.4 Å². The van der Waals surface area contributed by atoms with Gasteiger partial charge in [-0.2, -0.15) is 0 Å². The van der Waals surface area contributed by atoms with Crippen molar-refractivity contribution < 1.29 is 0 Å². The summed E-state index contributed by atoms with van der Waals surface area (Å²) in [4.78, 5) is 10.3. The van der Waals surface area contributed by atoms with E-state index < -0.39 is 0 Å². The van der Waals surface area contributed by atoms with Gasteiger partial charge in [0.05, 0.1) is 3.57 Å². The summed E-state index contributed by atoms with van der Waals surface area (Å²) in [5.41, 5.74) is 0. The third-order valence-electron chi connectivity index (χ3n) is 1.91. The summed E-state index contributed by atoms with van der Waals surface area (Å²) in [5, 5.41) is 0. The van der Waals surface area contributed by atoms with Gasteiger partial charge in [-0.3, -0.25) is 0 Å². The van der Waals surface area contributed by atoms with Gasteiger partial charge in [-0.05, 0) is 35.4 Å². The molecule has 76 valence electrons. The van der Waals surface area contributed by atoms with Crippen LogP contribution >= 0.6 is 22.6 Å². The number of unbranched alkanes of at least 4 members (excludes halogenated alkanes) is 1. The molecule has 0 aliphatic carbocycles. The number of hydrogen-bond donors (Lipinski definition) is 0. The Bertz CT molecular complexity index is 301. The van der Waals surface area contributed by atoms with E-state index in [1.807, 2.05) is 19.3 Å². The summed E-state index contributed by atoms with van der Waals surface area (Å²) in [6.45, 7) is 4.70. The first-order valence-corrected chi connectivity index (χ1v) is 5.61. The molecule has 0 N–H and O–H groups in total. The normalized spacial score (nSPS) is 9.86. The zero-order valence-corrected chi connectivity index (χ0v) is 10.4. The fraction of sp³-hybridized carbons (Fsp3) is 0.400. The smallest absolute Gasteiger partial charge is 0.145 e. The summed E-state index contributed by atoms with van der Waals surface area (Å²) >= 11 is 2.25. The Morgan fingerprint density at radius 1 is 1.64 bits per heavy atom. The van der Waals surface area contributed by atoms with Gasteiger partial charge < -0.3 is 4.90 Å². The van der Waals surface area contributed by atoms with Crippen LogP contribution in [0.3, 0.4) is 0 Å². The molecule has 0 saturated carbocycles. The van der Waals surface area contributed by atoms with Crippen LogP contribution in [0, 0.1) is 3.57 Å². The van der Waals surface area contributed by atoms with Crippen LogP contribution in [0.1, 0.15) is 12.8 Å². The van der Waals surface area contributed by atoms with Gasteiger partial charge in [0, 0.05) is 19.8 Å². The number of allylic oxidation sites excluding steroid dienone is 1. The lowest BCUT2D eigenvalue weighted by Crippen LogP contribution is -2.20. The Hall–Kier alpha value is -0.650. The highest BCUT2D eigenvalue weighted by atomic mass is 127. The lowest BCUT2D eigenvalue weighted by molar-refractivity contribution is 0.788. The van der Waals surface area contributed by atoms with Crippen LogP contribution in [-0.4, -0.2) is 23.6 Å². The molecule has 0 unspecified atom stereocenters. The molecule has 1 heterocycles. The van der Waals surface area contributed by atoms with E-state index in [0.717, 1.165) is 28.8 Å². The minimum absolute atomic E-state index is 0.999. The Balaban J connectivity index is 2.55. The maximum Gasteiger partial charge on any atom is 0.145 e. The van der Waals surface area contributed by atoms with Crippen molar-refractivity contribution >= 4 is 28.4 Å². The molecule has 0 aliphatic heterocycles. The van der Waals surface area contributed by atoms with Gasteiger partial charge in [0.1, 0.15) is 12.1 Å². The van der Waals surface area contributed by atoms with Gasteiger partial charge in [0.15, 0.2) is 0 Å². The van der Waals surface area contributed by atoms with Crippen LogP contribution in [0.25, 0.3) is 0 Å². The standard InChI is InChI=1S/C10H14IN3/c1-3-4-5-6-14(2)10-9(11)7-12-8-13-10/h3,7-8H,1,4-6H2,2H3. The molecule has 14 heavy (non-hydrogen) atoms. The second-order valence-corrected chi connectivity index (χ2v) is 4.21. The third-order valence-corrected chi connectivity index (χ3v) is 2.67. The third kappa shape index (κ3) is 3.25. The maximum absolute atomic E-state index is 4.24. The van der Waals surface area contributed by atoms with Gasteiger partial charge in [0.2, 0.25) is 0 Å². The van der Waals surface area contributed by atoms with Crippen molar-refractivity contribution in [3.8, 4) is 0 Å². The average Bonchev–Trinajstić information content (AvgIpc) is 2.18.